The number of esters is 1. The molecule has 4 aromatic rings. The van der Waals surface area contributed by atoms with E-state index in [-0.39, 0.29) is 0 Å². The third-order valence-electron chi connectivity index (χ3n) is 4.35. The van der Waals surface area contributed by atoms with Gasteiger partial charge in [-0.25, -0.2) is 9.59 Å². The number of amides is 2. The molecule has 8 nitrogen and oxygen atoms in total. The predicted molar refractivity (Wildman–Crippen MR) is 116 cm³/mol. The van der Waals surface area contributed by atoms with Crippen LogP contribution in [0.5, 0.6) is 0 Å². The maximum absolute atomic E-state index is 12.4. The van der Waals surface area contributed by atoms with Crippen molar-refractivity contribution in [3.63, 3.8) is 0 Å². The van der Waals surface area contributed by atoms with Gasteiger partial charge >= 0.3 is 12.0 Å². The van der Waals surface area contributed by atoms with Crippen LogP contribution in [0, 0.1) is 0 Å². The Morgan fingerprint density at radius 2 is 1.39 bits per heavy atom. The van der Waals surface area contributed by atoms with Gasteiger partial charge < -0.3 is 19.8 Å². The molecule has 8 heteroatoms. The van der Waals surface area contributed by atoms with Gasteiger partial charge in [0.2, 0.25) is 11.8 Å². The van der Waals surface area contributed by atoms with Gasteiger partial charge in [-0.2, -0.15) is 0 Å². The summed E-state index contributed by atoms with van der Waals surface area (Å²) in [6, 6.07) is 22.5. The number of nitrogens with zero attached hydrogens (tertiary/aromatic N) is 2. The molecule has 0 aliphatic carbocycles. The fraction of sp³-hybridized carbons (Fsp3) is 0.0435. The lowest BCUT2D eigenvalue weighted by Gasteiger charge is -2.09. The van der Waals surface area contributed by atoms with E-state index in [2.05, 4.69) is 25.6 Å². The van der Waals surface area contributed by atoms with Crippen LogP contribution < -0.4 is 10.6 Å². The Bertz CT molecular complexity index is 1220. The van der Waals surface area contributed by atoms with Crippen molar-refractivity contribution in [1.29, 1.82) is 0 Å². The van der Waals surface area contributed by atoms with Gasteiger partial charge in [0.1, 0.15) is 0 Å². The van der Waals surface area contributed by atoms with Crippen LogP contribution in [-0.2, 0) is 4.74 Å². The summed E-state index contributed by atoms with van der Waals surface area (Å²) in [5.74, 6) is 0.275. The molecular formula is C23H18N4O4. The SMILES string of the molecule is COC(=O)c1cccc(NC(=O)Nc2cccc(-c3nnc(-c4ccccc4)o3)c2)c1. The highest BCUT2D eigenvalue weighted by Gasteiger charge is 2.12. The Balaban J connectivity index is 1.46. The van der Waals surface area contributed by atoms with Crippen molar-refractivity contribution >= 4 is 23.4 Å². The fourth-order valence-electron chi connectivity index (χ4n) is 2.90. The van der Waals surface area contributed by atoms with E-state index in [1.807, 2.05) is 36.4 Å². The van der Waals surface area contributed by atoms with Crippen LogP contribution in [0.25, 0.3) is 22.9 Å². The first-order chi connectivity index (χ1) is 15.1. The molecule has 0 saturated carbocycles. The molecule has 0 unspecified atom stereocenters. The molecule has 0 aliphatic heterocycles. The van der Waals surface area contributed by atoms with Crippen LogP contribution in [0.2, 0.25) is 0 Å². The van der Waals surface area contributed by atoms with Gasteiger partial charge in [-0.05, 0) is 48.5 Å². The van der Waals surface area contributed by atoms with E-state index < -0.39 is 12.0 Å². The van der Waals surface area contributed by atoms with Crippen LogP contribution in [-0.4, -0.2) is 29.3 Å². The van der Waals surface area contributed by atoms with Gasteiger partial charge in [-0.1, -0.05) is 30.3 Å². The molecule has 0 radical (unpaired) electrons. The van der Waals surface area contributed by atoms with Crippen molar-refractivity contribution in [3.8, 4) is 22.9 Å². The summed E-state index contributed by atoms with van der Waals surface area (Å²) in [4.78, 5) is 24.0. The smallest absolute Gasteiger partial charge is 0.337 e. The van der Waals surface area contributed by atoms with Crippen LogP contribution in [0.3, 0.4) is 0 Å². The summed E-state index contributed by atoms with van der Waals surface area (Å²) in [7, 11) is 1.30. The number of aromatic nitrogens is 2. The largest absolute Gasteiger partial charge is 0.465 e. The molecule has 1 aromatic heterocycles. The average molecular weight is 414 g/mol. The number of anilines is 2. The third kappa shape index (κ3) is 4.76. The van der Waals surface area contributed by atoms with Crippen molar-refractivity contribution in [2.24, 2.45) is 0 Å². The molecule has 0 spiro atoms. The van der Waals surface area contributed by atoms with Crippen molar-refractivity contribution < 1.29 is 18.7 Å². The number of hydrogen-bond donors (Lipinski definition) is 2. The molecule has 0 saturated heterocycles. The van der Waals surface area contributed by atoms with Gasteiger partial charge in [0.05, 0.1) is 12.7 Å². The zero-order valence-corrected chi connectivity index (χ0v) is 16.5. The van der Waals surface area contributed by atoms with Crippen molar-refractivity contribution in [2.75, 3.05) is 17.7 Å². The number of benzene rings is 3. The Hall–Kier alpha value is -4.46. The predicted octanol–water partition coefficient (Wildman–Crippen LogP) is 4.83. The molecule has 0 fully saturated rings. The minimum atomic E-state index is -0.480. The minimum Gasteiger partial charge on any atom is -0.465 e. The Morgan fingerprint density at radius 1 is 0.774 bits per heavy atom. The van der Waals surface area contributed by atoms with Crippen LogP contribution in [0.15, 0.2) is 83.3 Å². The molecule has 0 atom stereocenters. The molecule has 2 N–H and O–H groups in total. The zero-order chi connectivity index (χ0) is 21.6. The molecule has 1 heterocycles. The summed E-state index contributed by atoms with van der Waals surface area (Å²) in [6.07, 6.45) is 0. The van der Waals surface area contributed by atoms with Gasteiger partial charge in [-0.3, -0.25) is 0 Å². The number of ether oxygens (including phenoxy) is 1. The van der Waals surface area contributed by atoms with Gasteiger partial charge in [-0.15, -0.1) is 10.2 Å². The molecule has 0 aliphatic rings. The van der Waals surface area contributed by atoms with Crippen LogP contribution in [0.4, 0.5) is 16.2 Å². The van der Waals surface area contributed by atoms with Gasteiger partial charge in [0.15, 0.2) is 0 Å². The first-order valence-corrected chi connectivity index (χ1v) is 9.38. The summed E-state index contributed by atoms with van der Waals surface area (Å²) in [5, 5.41) is 13.6. The second-order valence-electron chi connectivity index (χ2n) is 6.51. The van der Waals surface area contributed by atoms with Crippen LogP contribution in [0.1, 0.15) is 10.4 Å². The van der Waals surface area contributed by atoms with E-state index in [0.717, 1.165) is 5.56 Å². The number of carbonyl (C=O) groups is 2. The quantitative estimate of drug-likeness (QED) is 0.453. The molecule has 154 valence electrons. The summed E-state index contributed by atoms with van der Waals surface area (Å²) >= 11 is 0. The summed E-state index contributed by atoms with van der Waals surface area (Å²) < 4.78 is 10.5. The van der Waals surface area contributed by atoms with E-state index in [4.69, 9.17) is 4.42 Å². The summed E-state index contributed by atoms with van der Waals surface area (Å²) in [5.41, 5.74) is 2.83. The number of carbonyl (C=O) groups excluding carboxylic acids is 2. The molecule has 3 aromatic carbocycles. The van der Waals surface area contributed by atoms with E-state index in [1.165, 1.54) is 13.2 Å². The lowest BCUT2D eigenvalue weighted by atomic mass is 10.2. The normalized spacial score (nSPS) is 10.4. The molecule has 2 amide bonds. The van der Waals surface area contributed by atoms with Gasteiger partial charge in [0, 0.05) is 22.5 Å². The molecular weight excluding hydrogens is 396 g/mol. The highest BCUT2D eigenvalue weighted by Crippen LogP contribution is 2.25. The fourth-order valence-corrected chi connectivity index (χ4v) is 2.90. The number of rotatable bonds is 5. The van der Waals surface area contributed by atoms with E-state index in [0.29, 0.717) is 34.3 Å². The maximum atomic E-state index is 12.4. The first-order valence-electron chi connectivity index (χ1n) is 9.38. The standard InChI is InChI=1S/C23H18N4O4/c1-30-22(28)17-10-6-12-19(14-17)25-23(29)24-18-11-5-9-16(13-18)21-27-26-20(31-21)15-7-3-2-4-8-15/h2-14H,1H3,(H2,24,25,29). The zero-order valence-electron chi connectivity index (χ0n) is 16.5. The molecule has 31 heavy (non-hydrogen) atoms. The highest BCUT2D eigenvalue weighted by molar-refractivity contribution is 6.01. The monoisotopic (exact) mass is 414 g/mol. The van der Waals surface area contributed by atoms with Crippen LogP contribution >= 0.6 is 0 Å². The number of nitrogens with one attached hydrogen (secondary N) is 2. The Kier molecular flexibility index (Phi) is 5.70. The minimum absolute atomic E-state index is 0.341. The van der Waals surface area contributed by atoms with E-state index in [1.54, 1.807) is 36.4 Å². The van der Waals surface area contributed by atoms with E-state index >= 15 is 0 Å². The Labute approximate surface area is 177 Å². The van der Waals surface area contributed by atoms with E-state index in [9.17, 15) is 9.59 Å². The number of hydrogen-bond acceptors (Lipinski definition) is 6. The van der Waals surface area contributed by atoms with Crippen molar-refractivity contribution in [1.82, 2.24) is 10.2 Å². The molecule has 4 rings (SSSR count). The highest BCUT2D eigenvalue weighted by atomic mass is 16.5. The molecule has 0 bridgehead atoms. The summed E-state index contributed by atoms with van der Waals surface area (Å²) in [6.45, 7) is 0. The second-order valence-corrected chi connectivity index (χ2v) is 6.51. The van der Waals surface area contributed by atoms with Crippen molar-refractivity contribution in [2.45, 2.75) is 0 Å². The van der Waals surface area contributed by atoms with Gasteiger partial charge in [0.25, 0.3) is 0 Å². The topological polar surface area (TPSA) is 106 Å². The lowest BCUT2D eigenvalue weighted by molar-refractivity contribution is 0.0600. The second kappa shape index (κ2) is 8.91. The first kappa shape index (κ1) is 19.8. The Morgan fingerprint density at radius 3 is 2.10 bits per heavy atom. The number of urea groups is 1. The third-order valence-corrected chi connectivity index (χ3v) is 4.35. The average Bonchev–Trinajstić information content (AvgIpc) is 3.30. The maximum Gasteiger partial charge on any atom is 0.337 e. The number of methoxy groups -OCH3 is 1. The van der Waals surface area contributed by atoms with Crippen molar-refractivity contribution in [3.05, 3.63) is 84.4 Å². The lowest BCUT2D eigenvalue weighted by Crippen LogP contribution is -2.19.